The van der Waals surface area contributed by atoms with Gasteiger partial charge in [0.2, 0.25) is 5.89 Å². The van der Waals surface area contributed by atoms with E-state index in [1.165, 1.54) is 54.7 Å². The Kier molecular flexibility index (Phi) is 4.68. The molecule has 0 amide bonds. The molecule has 184 valence electrons. The van der Waals surface area contributed by atoms with Crippen molar-refractivity contribution in [1.29, 1.82) is 0 Å². The minimum Gasteiger partial charge on any atom is -0.436 e. The summed E-state index contributed by atoms with van der Waals surface area (Å²) in [5.74, 6) is 0.655. The number of aromatic nitrogens is 1. The first kappa shape index (κ1) is 22.1. The minimum atomic E-state index is 0.655. The number of nitrogens with zero attached hydrogens (tertiary/aromatic N) is 1. The van der Waals surface area contributed by atoms with Crippen molar-refractivity contribution in [3.63, 3.8) is 0 Å². The summed E-state index contributed by atoms with van der Waals surface area (Å²) in [4.78, 5) is 4.92. The first-order valence-electron chi connectivity index (χ1n) is 13.4. The summed E-state index contributed by atoms with van der Waals surface area (Å²) in [6.45, 7) is 4.24. The normalized spacial score (nSPS) is 11.8. The van der Waals surface area contributed by atoms with Crippen molar-refractivity contribution >= 4 is 43.4 Å². The Morgan fingerprint density at radius 1 is 0.487 bits per heavy atom. The highest BCUT2D eigenvalue weighted by Crippen LogP contribution is 2.42. The Morgan fingerprint density at radius 3 is 1.69 bits per heavy atom. The molecule has 0 aliphatic carbocycles. The minimum absolute atomic E-state index is 0.655. The molecule has 7 aromatic carbocycles. The van der Waals surface area contributed by atoms with E-state index in [-0.39, 0.29) is 0 Å². The third-order valence-corrected chi connectivity index (χ3v) is 8.03. The Morgan fingerprint density at radius 2 is 1.03 bits per heavy atom. The SMILES string of the molecule is Cc1ccc(-c2ccc3nc(-c4ccc5ccc6c(-c7ccc(C)cc7)ccc7ccc4c5c76)oc3c2)cc1. The molecule has 2 nitrogen and oxygen atoms in total. The second-order valence-corrected chi connectivity index (χ2v) is 10.6. The first-order valence-corrected chi connectivity index (χ1v) is 13.4. The fourth-order valence-corrected chi connectivity index (χ4v) is 5.94. The maximum atomic E-state index is 6.42. The lowest BCUT2D eigenvalue weighted by Crippen LogP contribution is -1.89. The van der Waals surface area contributed by atoms with Crippen LogP contribution in [0.3, 0.4) is 0 Å². The zero-order valence-corrected chi connectivity index (χ0v) is 21.8. The van der Waals surface area contributed by atoms with Gasteiger partial charge in [0.25, 0.3) is 0 Å². The molecule has 0 unspecified atom stereocenters. The molecule has 0 aliphatic heterocycles. The molecular weight excluding hydrogens is 474 g/mol. The van der Waals surface area contributed by atoms with Gasteiger partial charge in [0.05, 0.1) is 0 Å². The van der Waals surface area contributed by atoms with E-state index in [1.54, 1.807) is 0 Å². The van der Waals surface area contributed by atoms with Crippen molar-refractivity contribution in [3.05, 3.63) is 126 Å². The second kappa shape index (κ2) is 8.28. The van der Waals surface area contributed by atoms with Crippen LogP contribution < -0.4 is 0 Å². The molecule has 8 rings (SSSR count). The number of hydrogen-bond donors (Lipinski definition) is 0. The maximum Gasteiger partial charge on any atom is 0.227 e. The van der Waals surface area contributed by atoms with Gasteiger partial charge in [0.15, 0.2) is 5.58 Å². The summed E-state index contributed by atoms with van der Waals surface area (Å²) >= 11 is 0. The number of rotatable bonds is 3. The van der Waals surface area contributed by atoms with Gasteiger partial charge in [-0.15, -0.1) is 0 Å². The molecule has 2 heteroatoms. The van der Waals surface area contributed by atoms with Crippen molar-refractivity contribution in [1.82, 2.24) is 4.98 Å². The van der Waals surface area contributed by atoms with Crippen molar-refractivity contribution in [2.24, 2.45) is 0 Å². The van der Waals surface area contributed by atoms with Gasteiger partial charge in [-0.05, 0) is 86.6 Å². The molecule has 1 aromatic heterocycles. The van der Waals surface area contributed by atoms with Crippen molar-refractivity contribution in [3.8, 4) is 33.7 Å². The first-order chi connectivity index (χ1) is 19.1. The molecule has 0 fully saturated rings. The molecule has 0 aliphatic rings. The van der Waals surface area contributed by atoms with Crippen LogP contribution in [0.15, 0.2) is 120 Å². The standard InChI is InChI=1S/C37H25NO/c1-22-3-7-24(8-4-22)28-15-20-33-34(21-28)39-37(38-33)32-19-14-27-12-17-30-29(25-9-5-23(2)6-10-25)16-11-26-13-18-31(32)36(27)35(26)30/h3-21H,1-2H3. The molecule has 0 atom stereocenters. The van der Waals surface area contributed by atoms with Crippen LogP contribution in [0.25, 0.3) is 77.1 Å². The topological polar surface area (TPSA) is 26.0 Å². The third kappa shape index (κ3) is 3.45. The zero-order chi connectivity index (χ0) is 26.1. The predicted molar refractivity (Wildman–Crippen MR) is 163 cm³/mol. The van der Waals surface area contributed by atoms with Gasteiger partial charge in [-0.25, -0.2) is 4.98 Å². The van der Waals surface area contributed by atoms with E-state index in [1.807, 2.05) is 0 Å². The Balaban J connectivity index is 1.33. The lowest BCUT2D eigenvalue weighted by Gasteiger charge is -2.15. The second-order valence-electron chi connectivity index (χ2n) is 10.6. The van der Waals surface area contributed by atoms with E-state index in [4.69, 9.17) is 9.40 Å². The molecule has 0 bridgehead atoms. The highest BCUT2D eigenvalue weighted by Gasteiger charge is 2.17. The summed E-state index contributed by atoms with van der Waals surface area (Å²) < 4.78 is 6.42. The molecule has 0 radical (unpaired) electrons. The summed E-state index contributed by atoms with van der Waals surface area (Å²) in [6, 6.07) is 41.5. The van der Waals surface area contributed by atoms with Gasteiger partial charge in [-0.2, -0.15) is 0 Å². The molecule has 0 spiro atoms. The highest BCUT2D eigenvalue weighted by atomic mass is 16.3. The van der Waals surface area contributed by atoms with Crippen LogP contribution in [0.4, 0.5) is 0 Å². The smallest absolute Gasteiger partial charge is 0.227 e. The monoisotopic (exact) mass is 499 g/mol. The zero-order valence-electron chi connectivity index (χ0n) is 21.8. The van der Waals surface area contributed by atoms with Crippen molar-refractivity contribution in [2.75, 3.05) is 0 Å². The Bertz CT molecular complexity index is 2170. The maximum absolute atomic E-state index is 6.42. The molecular formula is C37H25NO. The van der Waals surface area contributed by atoms with Gasteiger partial charge >= 0.3 is 0 Å². The highest BCUT2D eigenvalue weighted by molar-refractivity contribution is 6.27. The largest absolute Gasteiger partial charge is 0.436 e. The average molecular weight is 500 g/mol. The van der Waals surface area contributed by atoms with Crippen LogP contribution >= 0.6 is 0 Å². The summed E-state index contributed by atoms with van der Waals surface area (Å²) in [6.07, 6.45) is 0. The van der Waals surface area contributed by atoms with E-state index in [0.29, 0.717) is 5.89 Å². The average Bonchev–Trinajstić information content (AvgIpc) is 3.40. The third-order valence-electron chi connectivity index (χ3n) is 8.03. The van der Waals surface area contributed by atoms with E-state index >= 15 is 0 Å². The number of fused-ring (bicyclic) bond motifs is 1. The van der Waals surface area contributed by atoms with E-state index in [0.717, 1.165) is 27.6 Å². The van der Waals surface area contributed by atoms with Gasteiger partial charge in [0.1, 0.15) is 5.52 Å². The fourth-order valence-electron chi connectivity index (χ4n) is 5.94. The van der Waals surface area contributed by atoms with Gasteiger partial charge in [-0.1, -0.05) is 108 Å². The summed E-state index contributed by atoms with van der Waals surface area (Å²) in [5.41, 5.74) is 10.0. The number of hydrogen-bond acceptors (Lipinski definition) is 2. The Labute approximate surface area is 226 Å². The Hall–Kier alpha value is -4.95. The quantitative estimate of drug-likeness (QED) is 0.226. The molecule has 8 aromatic rings. The van der Waals surface area contributed by atoms with Crippen LogP contribution in [0.1, 0.15) is 11.1 Å². The lowest BCUT2D eigenvalue weighted by atomic mass is 9.88. The van der Waals surface area contributed by atoms with Gasteiger partial charge in [-0.3, -0.25) is 0 Å². The van der Waals surface area contributed by atoms with Crippen LogP contribution in [0, 0.1) is 13.8 Å². The predicted octanol–water partition coefficient (Wildman–Crippen LogP) is 10.3. The van der Waals surface area contributed by atoms with E-state index in [2.05, 4.69) is 129 Å². The van der Waals surface area contributed by atoms with E-state index < -0.39 is 0 Å². The summed E-state index contributed by atoms with van der Waals surface area (Å²) in [7, 11) is 0. The van der Waals surface area contributed by atoms with Crippen LogP contribution in [0.5, 0.6) is 0 Å². The number of aryl methyl sites for hydroxylation is 2. The molecule has 39 heavy (non-hydrogen) atoms. The lowest BCUT2D eigenvalue weighted by molar-refractivity contribution is 0.621. The fraction of sp³-hybridized carbons (Fsp3) is 0.0541. The van der Waals surface area contributed by atoms with Crippen LogP contribution in [0.2, 0.25) is 0 Å². The van der Waals surface area contributed by atoms with E-state index in [9.17, 15) is 0 Å². The molecule has 0 saturated heterocycles. The summed E-state index contributed by atoms with van der Waals surface area (Å²) in [5, 5.41) is 7.47. The van der Waals surface area contributed by atoms with Gasteiger partial charge in [0, 0.05) is 5.56 Å². The van der Waals surface area contributed by atoms with Crippen LogP contribution in [-0.2, 0) is 0 Å². The molecule has 0 N–H and O–H groups in total. The van der Waals surface area contributed by atoms with Gasteiger partial charge < -0.3 is 4.42 Å². The molecule has 1 heterocycles. The van der Waals surface area contributed by atoms with Crippen molar-refractivity contribution < 1.29 is 4.42 Å². The molecule has 0 saturated carbocycles. The number of benzene rings is 7. The van der Waals surface area contributed by atoms with Crippen molar-refractivity contribution in [2.45, 2.75) is 13.8 Å². The number of oxazole rings is 1. The van der Waals surface area contributed by atoms with Crippen LogP contribution in [-0.4, -0.2) is 4.98 Å².